The second kappa shape index (κ2) is 7.25. The molecule has 0 unspecified atom stereocenters. The van der Waals surface area contributed by atoms with Gasteiger partial charge >= 0.3 is 0 Å². The van der Waals surface area contributed by atoms with Crippen molar-refractivity contribution in [2.45, 2.75) is 25.8 Å². The molecule has 0 saturated heterocycles. The molecule has 0 fully saturated rings. The number of benzene rings is 2. The topological polar surface area (TPSA) is 70.6 Å². The van der Waals surface area contributed by atoms with Gasteiger partial charge in [-0.05, 0) is 41.8 Å². The molecule has 2 amide bonds. The number of amides is 2. The van der Waals surface area contributed by atoms with Crippen LogP contribution in [-0.4, -0.2) is 17.8 Å². The molecule has 1 aliphatic rings. The normalized spacial score (nSPS) is 16.8. The highest BCUT2D eigenvalue weighted by Gasteiger charge is 2.24. The van der Waals surface area contributed by atoms with Crippen LogP contribution in [0.4, 0.5) is 4.39 Å². The number of carbonyl (C=O) groups is 2. The summed E-state index contributed by atoms with van der Waals surface area (Å²) in [6, 6.07) is 12.6. The van der Waals surface area contributed by atoms with E-state index in [4.69, 9.17) is 0 Å². The highest BCUT2D eigenvalue weighted by atomic mass is 19.1. The summed E-state index contributed by atoms with van der Waals surface area (Å²) >= 11 is 0. The molecular weight excluding hydrogens is 321 g/mol. The number of hydrogen-bond acceptors (Lipinski definition) is 3. The molecule has 5 nitrogen and oxygen atoms in total. The van der Waals surface area contributed by atoms with Crippen LogP contribution in [-0.2, 0) is 11.2 Å². The average Bonchev–Trinajstić information content (AvgIpc) is 2.61. The van der Waals surface area contributed by atoms with Crippen molar-refractivity contribution >= 4 is 17.8 Å². The van der Waals surface area contributed by atoms with Crippen LogP contribution in [0.3, 0.4) is 0 Å². The van der Waals surface area contributed by atoms with Gasteiger partial charge in [0.25, 0.3) is 5.91 Å². The molecule has 25 heavy (non-hydrogen) atoms. The standard InChI is InChI=1S/C19H18FN3O2/c1-2-12-6-8-13(9-7-12)18(25)23-19-21-16(11-17(24)22-19)14-4-3-5-15(20)10-14/h3-10,16H,2,11H2,1H3,(H2,21,22,23,24,25)/t16-/m0/s1. The van der Waals surface area contributed by atoms with E-state index in [-0.39, 0.29) is 30.0 Å². The Morgan fingerprint density at radius 2 is 2.04 bits per heavy atom. The number of aryl methyl sites for hydroxylation is 1. The summed E-state index contributed by atoms with van der Waals surface area (Å²) < 4.78 is 13.4. The van der Waals surface area contributed by atoms with E-state index in [2.05, 4.69) is 15.6 Å². The van der Waals surface area contributed by atoms with Gasteiger partial charge in [0.05, 0.1) is 12.5 Å². The number of nitrogens with one attached hydrogen (secondary N) is 2. The van der Waals surface area contributed by atoms with E-state index >= 15 is 0 Å². The van der Waals surface area contributed by atoms with Crippen molar-refractivity contribution < 1.29 is 14.0 Å². The molecule has 0 saturated carbocycles. The second-order valence-electron chi connectivity index (χ2n) is 5.81. The highest BCUT2D eigenvalue weighted by molar-refractivity contribution is 6.10. The lowest BCUT2D eigenvalue weighted by atomic mass is 10.0. The number of aliphatic imine (C=N–C) groups is 1. The van der Waals surface area contributed by atoms with Crippen LogP contribution in [0.2, 0.25) is 0 Å². The third kappa shape index (κ3) is 4.09. The Labute approximate surface area is 145 Å². The van der Waals surface area contributed by atoms with Gasteiger partial charge < -0.3 is 0 Å². The zero-order chi connectivity index (χ0) is 17.8. The Hall–Kier alpha value is -3.02. The van der Waals surface area contributed by atoms with Gasteiger partial charge in [0.15, 0.2) is 0 Å². The fourth-order valence-electron chi connectivity index (χ4n) is 2.63. The molecule has 0 aromatic heterocycles. The second-order valence-corrected chi connectivity index (χ2v) is 5.81. The van der Waals surface area contributed by atoms with Gasteiger partial charge in [0.2, 0.25) is 11.9 Å². The fraction of sp³-hybridized carbons (Fsp3) is 0.211. The van der Waals surface area contributed by atoms with Crippen LogP contribution in [0.25, 0.3) is 0 Å². The molecule has 1 heterocycles. The summed E-state index contributed by atoms with van der Waals surface area (Å²) in [6.07, 6.45) is 0.994. The quantitative estimate of drug-likeness (QED) is 0.903. The van der Waals surface area contributed by atoms with E-state index in [0.29, 0.717) is 11.1 Å². The number of rotatable bonds is 3. The number of nitrogens with zero attached hydrogens (tertiary/aromatic N) is 1. The van der Waals surface area contributed by atoms with E-state index in [9.17, 15) is 14.0 Å². The van der Waals surface area contributed by atoms with E-state index in [0.717, 1.165) is 12.0 Å². The van der Waals surface area contributed by atoms with Crippen LogP contribution in [0.5, 0.6) is 0 Å². The van der Waals surface area contributed by atoms with Gasteiger partial charge in [-0.15, -0.1) is 0 Å². The maximum Gasteiger partial charge on any atom is 0.257 e. The zero-order valence-corrected chi connectivity index (χ0v) is 13.8. The Kier molecular flexibility index (Phi) is 4.88. The number of halogens is 1. The largest absolute Gasteiger partial charge is 0.296 e. The molecule has 0 radical (unpaired) electrons. The van der Waals surface area contributed by atoms with Crippen molar-refractivity contribution in [2.75, 3.05) is 0 Å². The lowest BCUT2D eigenvalue weighted by Crippen LogP contribution is -2.47. The van der Waals surface area contributed by atoms with Crippen LogP contribution in [0, 0.1) is 5.82 Å². The van der Waals surface area contributed by atoms with Gasteiger partial charge in [0, 0.05) is 5.56 Å². The Bertz CT molecular complexity index is 831. The first-order valence-electron chi connectivity index (χ1n) is 8.08. The summed E-state index contributed by atoms with van der Waals surface area (Å²) in [6.45, 7) is 2.04. The van der Waals surface area contributed by atoms with Gasteiger partial charge in [-0.1, -0.05) is 31.2 Å². The molecule has 2 aromatic carbocycles. The Balaban J connectivity index is 1.77. The van der Waals surface area contributed by atoms with Crippen LogP contribution in [0.15, 0.2) is 53.5 Å². The van der Waals surface area contributed by atoms with Gasteiger partial charge in [-0.2, -0.15) is 0 Å². The minimum Gasteiger partial charge on any atom is -0.296 e. The lowest BCUT2D eigenvalue weighted by molar-refractivity contribution is -0.120. The fourth-order valence-corrected chi connectivity index (χ4v) is 2.63. The minimum absolute atomic E-state index is 0.0788. The third-order valence-electron chi connectivity index (χ3n) is 4.01. The summed E-state index contributed by atoms with van der Waals surface area (Å²) in [4.78, 5) is 28.5. The van der Waals surface area contributed by atoms with Crippen LogP contribution >= 0.6 is 0 Å². The Morgan fingerprint density at radius 3 is 2.72 bits per heavy atom. The van der Waals surface area contributed by atoms with Crippen molar-refractivity contribution in [1.29, 1.82) is 0 Å². The molecule has 6 heteroatoms. The van der Waals surface area contributed by atoms with E-state index < -0.39 is 6.04 Å². The lowest BCUT2D eigenvalue weighted by Gasteiger charge is -2.21. The summed E-state index contributed by atoms with van der Waals surface area (Å²) in [5.41, 5.74) is 2.20. The van der Waals surface area contributed by atoms with E-state index in [1.807, 2.05) is 19.1 Å². The summed E-state index contributed by atoms with van der Waals surface area (Å²) in [7, 11) is 0. The maximum atomic E-state index is 13.4. The predicted molar refractivity (Wildman–Crippen MR) is 92.6 cm³/mol. The maximum absolute atomic E-state index is 13.4. The van der Waals surface area contributed by atoms with Crippen molar-refractivity contribution in [3.63, 3.8) is 0 Å². The van der Waals surface area contributed by atoms with Gasteiger partial charge in [-0.25, -0.2) is 9.38 Å². The summed E-state index contributed by atoms with van der Waals surface area (Å²) in [5, 5.41) is 5.14. The first-order chi connectivity index (χ1) is 12.0. The van der Waals surface area contributed by atoms with Crippen LogP contribution < -0.4 is 10.6 Å². The smallest absolute Gasteiger partial charge is 0.257 e. The molecule has 128 valence electrons. The molecule has 1 atom stereocenters. The minimum atomic E-state index is -0.526. The summed E-state index contributed by atoms with van der Waals surface area (Å²) in [5.74, 6) is -0.946. The SMILES string of the molecule is CCc1ccc(C(=O)NC2=N[C@H](c3cccc(F)c3)CC(=O)N2)cc1. The molecule has 3 rings (SSSR count). The molecule has 2 N–H and O–H groups in total. The van der Waals surface area contributed by atoms with Gasteiger partial charge in [-0.3, -0.25) is 20.2 Å². The van der Waals surface area contributed by atoms with Crippen molar-refractivity contribution in [2.24, 2.45) is 4.99 Å². The van der Waals surface area contributed by atoms with E-state index in [1.54, 1.807) is 24.3 Å². The van der Waals surface area contributed by atoms with Crippen molar-refractivity contribution in [3.8, 4) is 0 Å². The Morgan fingerprint density at radius 1 is 1.28 bits per heavy atom. The first-order valence-corrected chi connectivity index (χ1v) is 8.08. The first kappa shape index (κ1) is 16.8. The van der Waals surface area contributed by atoms with Crippen molar-refractivity contribution in [1.82, 2.24) is 10.6 Å². The van der Waals surface area contributed by atoms with E-state index in [1.165, 1.54) is 12.1 Å². The van der Waals surface area contributed by atoms with Crippen molar-refractivity contribution in [3.05, 3.63) is 71.0 Å². The molecule has 0 spiro atoms. The number of hydrogen-bond donors (Lipinski definition) is 2. The molecule has 2 aromatic rings. The average molecular weight is 339 g/mol. The molecule has 0 bridgehead atoms. The number of carbonyl (C=O) groups excluding carboxylic acids is 2. The monoisotopic (exact) mass is 339 g/mol. The predicted octanol–water partition coefficient (Wildman–Crippen LogP) is 2.74. The molecule has 1 aliphatic heterocycles. The van der Waals surface area contributed by atoms with Crippen LogP contribution in [0.1, 0.15) is 40.9 Å². The third-order valence-corrected chi connectivity index (χ3v) is 4.01. The highest BCUT2D eigenvalue weighted by Crippen LogP contribution is 2.24. The zero-order valence-electron chi connectivity index (χ0n) is 13.8. The number of guanidine groups is 1. The van der Waals surface area contributed by atoms with Gasteiger partial charge in [0.1, 0.15) is 5.82 Å². The molecule has 0 aliphatic carbocycles. The molecular formula is C19H18FN3O2.